The number of nitro benzene ring substituents is 1. The summed E-state index contributed by atoms with van der Waals surface area (Å²) in [4.78, 5) is 10.3. The third-order valence-electron chi connectivity index (χ3n) is 5.26. The van der Waals surface area contributed by atoms with Crippen LogP contribution in [0.2, 0.25) is 5.02 Å². The molecule has 0 bridgehead atoms. The fourth-order valence-corrected chi connectivity index (χ4v) is 3.54. The average molecular weight is 512 g/mol. The van der Waals surface area contributed by atoms with Crippen molar-refractivity contribution in [3.05, 3.63) is 86.9 Å². The maximum Gasteiger partial charge on any atom is 0.269 e. The van der Waals surface area contributed by atoms with Gasteiger partial charge in [0, 0.05) is 18.6 Å². The Bertz CT molecular complexity index is 1190. The molecule has 0 aliphatic carbocycles. The smallest absolute Gasteiger partial charge is 0.269 e. The summed E-state index contributed by atoms with van der Waals surface area (Å²) in [6.45, 7) is 7.45. The van der Waals surface area contributed by atoms with Crippen LogP contribution in [0.15, 0.2) is 65.8 Å². The highest BCUT2D eigenvalue weighted by molar-refractivity contribution is 6.32. The van der Waals surface area contributed by atoms with Gasteiger partial charge in [-0.3, -0.25) is 15.5 Å². The second-order valence-electron chi connectivity index (χ2n) is 9.03. The van der Waals surface area contributed by atoms with E-state index in [1.165, 1.54) is 17.7 Å². The van der Waals surface area contributed by atoms with E-state index in [1.54, 1.807) is 37.6 Å². The molecule has 8 nitrogen and oxygen atoms in total. The third-order valence-corrected chi connectivity index (χ3v) is 5.54. The number of nitro groups is 1. The van der Waals surface area contributed by atoms with Crippen molar-refractivity contribution < 1.29 is 19.1 Å². The second-order valence-corrected chi connectivity index (χ2v) is 9.44. The Morgan fingerprint density at radius 3 is 2.31 bits per heavy atom. The Labute approximate surface area is 216 Å². The average Bonchev–Trinajstić information content (AvgIpc) is 2.84. The number of ether oxygens (including phenoxy) is 3. The monoisotopic (exact) mass is 511 g/mol. The summed E-state index contributed by atoms with van der Waals surface area (Å²) in [5.41, 5.74) is 5.51. The molecule has 0 saturated carbocycles. The Morgan fingerprint density at radius 2 is 1.69 bits per heavy atom. The Balaban J connectivity index is 1.51. The van der Waals surface area contributed by atoms with Crippen LogP contribution < -0.4 is 19.6 Å². The molecule has 9 heteroatoms. The molecule has 0 spiro atoms. The molecular weight excluding hydrogens is 482 g/mol. The molecular formula is C27H30ClN3O5. The second kappa shape index (κ2) is 12.3. The number of hydrazone groups is 1. The van der Waals surface area contributed by atoms with E-state index >= 15 is 0 Å². The summed E-state index contributed by atoms with van der Waals surface area (Å²) >= 11 is 6.43. The van der Waals surface area contributed by atoms with Crippen molar-refractivity contribution in [1.29, 1.82) is 0 Å². The molecule has 0 fully saturated rings. The number of nitrogens with one attached hydrogen (secondary N) is 1. The molecule has 0 atom stereocenters. The summed E-state index contributed by atoms with van der Waals surface area (Å²) in [6, 6.07) is 17.6. The van der Waals surface area contributed by atoms with Crippen molar-refractivity contribution >= 4 is 29.2 Å². The molecule has 0 aliphatic rings. The zero-order valence-electron chi connectivity index (χ0n) is 20.8. The van der Waals surface area contributed by atoms with Gasteiger partial charge in [-0.15, -0.1) is 0 Å². The molecule has 0 radical (unpaired) electrons. The zero-order chi connectivity index (χ0) is 26.1. The van der Waals surface area contributed by atoms with E-state index in [1.807, 2.05) is 12.1 Å². The van der Waals surface area contributed by atoms with Gasteiger partial charge in [0.2, 0.25) is 0 Å². The van der Waals surface area contributed by atoms with Crippen LogP contribution in [0, 0.1) is 10.1 Å². The fourth-order valence-electron chi connectivity index (χ4n) is 3.27. The van der Waals surface area contributed by atoms with Crippen LogP contribution in [0.3, 0.4) is 0 Å². The van der Waals surface area contributed by atoms with Crippen molar-refractivity contribution in [2.24, 2.45) is 5.10 Å². The first-order valence-corrected chi connectivity index (χ1v) is 11.8. The number of non-ortho nitro benzene ring substituents is 1. The van der Waals surface area contributed by atoms with Gasteiger partial charge in [-0.1, -0.05) is 44.5 Å². The number of benzene rings is 3. The number of nitrogens with zero attached hydrogens (tertiary/aromatic N) is 2. The molecule has 0 aliphatic heterocycles. The van der Waals surface area contributed by atoms with Gasteiger partial charge in [0.25, 0.3) is 5.69 Å². The standard InChI is InChI=1S/C27H30ClN3O5/c1-27(2,3)20-6-12-23(13-7-20)35-14-5-15-36-26-24(28)16-19(17-25(26)34-4)18-29-30-21-8-10-22(11-9-21)31(32)33/h6-13,16-18,30H,5,14-15H2,1-4H3/b29-18+. The van der Waals surface area contributed by atoms with Crippen LogP contribution in [0.5, 0.6) is 17.2 Å². The van der Waals surface area contributed by atoms with Crippen LogP contribution in [-0.2, 0) is 5.41 Å². The molecule has 0 amide bonds. The molecule has 36 heavy (non-hydrogen) atoms. The van der Waals surface area contributed by atoms with Crippen LogP contribution in [-0.4, -0.2) is 31.5 Å². The third kappa shape index (κ3) is 7.61. The Morgan fingerprint density at radius 1 is 1.03 bits per heavy atom. The van der Waals surface area contributed by atoms with Crippen LogP contribution in [0.1, 0.15) is 38.3 Å². The minimum atomic E-state index is -0.455. The lowest BCUT2D eigenvalue weighted by molar-refractivity contribution is -0.384. The Kier molecular flexibility index (Phi) is 9.13. The van der Waals surface area contributed by atoms with E-state index in [2.05, 4.69) is 43.4 Å². The lowest BCUT2D eigenvalue weighted by Gasteiger charge is -2.19. The van der Waals surface area contributed by atoms with Crippen LogP contribution in [0.4, 0.5) is 11.4 Å². The number of rotatable bonds is 11. The lowest BCUT2D eigenvalue weighted by Crippen LogP contribution is -2.10. The van der Waals surface area contributed by atoms with Gasteiger partial charge in [0.05, 0.1) is 42.2 Å². The highest BCUT2D eigenvalue weighted by Crippen LogP contribution is 2.36. The summed E-state index contributed by atoms with van der Waals surface area (Å²) in [6.07, 6.45) is 2.24. The van der Waals surface area contributed by atoms with Gasteiger partial charge in [0.15, 0.2) is 11.5 Å². The first kappa shape index (κ1) is 26.8. The molecule has 3 rings (SSSR count). The largest absolute Gasteiger partial charge is 0.493 e. The summed E-state index contributed by atoms with van der Waals surface area (Å²) < 4.78 is 17.1. The minimum Gasteiger partial charge on any atom is -0.493 e. The molecule has 0 saturated heterocycles. The fraction of sp³-hybridized carbons (Fsp3) is 0.296. The topological polar surface area (TPSA) is 95.2 Å². The van der Waals surface area contributed by atoms with Crippen molar-refractivity contribution in [3.8, 4) is 17.2 Å². The number of hydrogen-bond donors (Lipinski definition) is 1. The molecule has 0 aromatic heterocycles. The van der Waals surface area contributed by atoms with Crippen molar-refractivity contribution in [2.45, 2.75) is 32.6 Å². The van der Waals surface area contributed by atoms with Gasteiger partial charge in [-0.2, -0.15) is 5.10 Å². The van der Waals surface area contributed by atoms with Crippen molar-refractivity contribution in [2.75, 3.05) is 25.7 Å². The number of anilines is 1. The Hall–Kier alpha value is -3.78. The summed E-state index contributed by atoms with van der Waals surface area (Å²) in [7, 11) is 1.54. The number of hydrogen-bond acceptors (Lipinski definition) is 7. The predicted molar refractivity (Wildman–Crippen MR) is 143 cm³/mol. The van der Waals surface area contributed by atoms with Gasteiger partial charge < -0.3 is 14.2 Å². The maximum absolute atomic E-state index is 10.7. The van der Waals surface area contributed by atoms with E-state index < -0.39 is 4.92 Å². The molecule has 190 valence electrons. The number of methoxy groups -OCH3 is 1. The van der Waals surface area contributed by atoms with Gasteiger partial charge in [-0.25, -0.2) is 0 Å². The van der Waals surface area contributed by atoms with Crippen LogP contribution >= 0.6 is 11.6 Å². The lowest BCUT2D eigenvalue weighted by atomic mass is 9.87. The SMILES string of the molecule is COc1cc(/C=N/Nc2ccc([N+](=O)[O-])cc2)cc(Cl)c1OCCCOc1ccc(C(C)(C)C)cc1. The summed E-state index contributed by atoms with van der Waals surface area (Å²) in [5, 5.41) is 15.3. The zero-order valence-corrected chi connectivity index (χ0v) is 21.5. The number of halogens is 1. The van der Waals surface area contributed by atoms with Crippen LogP contribution in [0.25, 0.3) is 0 Å². The minimum absolute atomic E-state index is 0.0120. The highest BCUT2D eigenvalue weighted by atomic mass is 35.5. The first-order chi connectivity index (χ1) is 17.2. The predicted octanol–water partition coefficient (Wildman–Crippen LogP) is 6.85. The normalized spacial score (nSPS) is 11.4. The first-order valence-electron chi connectivity index (χ1n) is 11.4. The van der Waals surface area contributed by atoms with Gasteiger partial charge >= 0.3 is 0 Å². The van der Waals surface area contributed by atoms with Crippen molar-refractivity contribution in [3.63, 3.8) is 0 Å². The maximum atomic E-state index is 10.7. The van der Waals surface area contributed by atoms with E-state index in [4.69, 9.17) is 25.8 Å². The quantitative estimate of drug-likeness (QED) is 0.131. The van der Waals surface area contributed by atoms with E-state index in [-0.39, 0.29) is 11.1 Å². The van der Waals surface area contributed by atoms with E-state index in [0.717, 1.165) is 5.75 Å². The van der Waals surface area contributed by atoms with Crippen molar-refractivity contribution in [1.82, 2.24) is 0 Å². The molecule has 0 unspecified atom stereocenters. The van der Waals surface area contributed by atoms with Gasteiger partial charge in [0.1, 0.15) is 5.75 Å². The molecule has 1 N–H and O–H groups in total. The van der Waals surface area contributed by atoms with E-state index in [0.29, 0.717) is 47.4 Å². The van der Waals surface area contributed by atoms with Gasteiger partial charge in [-0.05, 0) is 52.9 Å². The summed E-state index contributed by atoms with van der Waals surface area (Å²) in [5.74, 6) is 1.76. The highest BCUT2D eigenvalue weighted by Gasteiger charge is 2.14. The van der Waals surface area contributed by atoms with E-state index in [9.17, 15) is 10.1 Å². The molecule has 3 aromatic carbocycles. The molecule has 3 aromatic rings. The molecule has 0 heterocycles.